The number of ether oxygens (including phenoxy) is 2. The van der Waals surface area contributed by atoms with Crippen molar-refractivity contribution in [2.24, 2.45) is 0 Å². The maximum atomic E-state index is 12.7. The molecule has 0 bridgehead atoms. The molecule has 0 amide bonds. The Morgan fingerprint density at radius 1 is 0.635 bits per heavy atom. The standard InChI is InChI=1S/C22H21NO3.C22H19NO3/c2*1-14-6-3-7-15(12-14)13-23-17-9-4-8-16(22(25)26-2)20(17)21-18(23)10-5-11-19(21)24/h3-4,6-9,12H,5,10-11,13H2,1-2H3;3-12,24H,13H2,1-2H3. The predicted octanol–water partition coefficient (Wildman–Crippen LogP) is 8.95. The first-order valence-electron chi connectivity index (χ1n) is 17.4. The number of phenolic OH excluding ortho intramolecular Hbond substituents is 1. The predicted molar refractivity (Wildman–Crippen MR) is 204 cm³/mol. The van der Waals surface area contributed by atoms with Crippen molar-refractivity contribution in [3.63, 3.8) is 0 Å². The summed E-state index contributed by atoms with van der Waals surface area (Å²) in [5, 5.41) is 12.6. The van der Waals surface area contributed by atoms with Crippen molar-refractivity contribution < 1.29 is 29.0 Å². The molecule has 1 N–H and O–H groups in total. The third kappa shape index (κ3) is 6.21. The summed E-state index contributed by atoms with van der Waals surface area (Å²) in [4.78, 5) is 37.3. The van der Waals surface area contributed by atoms with Gasteiger partial charge < -0.3 is 23.7 Å². The van der Waals surface area contributed by atoms with Crippen molar-refractivity contribution in [1.82, 2.24) is 9.13 Å². The molecule has 1 aliphatic rings. The first kappa shape index (κ1) is 34.3. The third-order valence-electron chi connectivity index (χ3n) is 9.85. The number of hydrogen-bond acceptors (Lipinski definition) is 6. The zero-order chi connectivity index (χ0) is 36.5. The normalized spacial score (nSPS) is 12.4. The highest BCUT2D eigenvalue weighted by atomic mass is 16.5. The van der Waals surface area contributed by atoms with Crippen LogP contribution in [0.2, 0.25) is 0 Å². The largest absolute Gasteiger partial charge is 0.507 e. The van der Waals surface area contributed by atoms with Gasteiger partial charge in [0.25, 0.3) is 0 Å². The Kier molecular flexibility index (Phi) is 9.39. The molecular formula is C44H40N2O6. The van der Waals surface area contributed by atoms with Crippen LogP contribution in [0.3, 0.4) is 0 Å². The molecule has 5 aromatic carbocycles. The number of hydrogen-bond donors (Lipinski definition) is 1. The van der Waals surface area contributed by atoms with Crippen LogP contribution in [0.5, 0.6) is 5.75 Å². The van der Waals surface area contributed by atoms with Gasteiger partial charge in [-0.15, -0.1) is 0 Å². The van der Waals surface area contributed by atoms with Crippen molar-refractivity contribution in [2.75, 3.05) is 14.2 Å². The molecule has 52 heavy (non-hydrogen) atoms. The number of ketones is 1. The van der Waals surface area contributed by atoms with Gasteiger partial charge in [0.2, 0.25) is 0 Å². The summed E-state index contributed by atoms with van der Waals surface area (Å²) in [6.07, 6.45) is 2.23. The monoisotopic (exact) mass is 692 g/mol. The third-order valence-corrected chi connectivity index (χ3v) is 9.85. The number of aromatic nitrogens is 2. The number of aromatic hydroxyl groups is 1. The van der Waals surface area contributed by atoms with Gasteiger partial charge in [-0.25, -0.2) is 9.59 Å². The van der Waals surface area contributed by atoms with E-state index in [0.717, 1.165) is 51.4 Å². The topological polar surface area (TPSA) is 99.8 Å². The number of rotatable bonds is 6. The molecule has 0 spiro atoms. The van der Waals surface area contributed by atoms with E-state index in [2.05, 4.69) is 59.4 Å². The van der Waals surface area contributed by atoms with Crippen molar-refractivity contribution >= 4 is 50.4 Å². The van der Waals surface area contributed by atoms with E-state index >= 15 is 0 Å². The Balaban J connectivity index is 0.000000162. The number of fused-ring (bicyclic) bond motifs is 6. The van der Waals surface area contributed by atoms with Crippen LogP contribution in [-0.4, -0.2) is 46.2 Å². The number of carbonyl (C=O) groups excluding carboxylic acids is 3. The fourth-order valence-corrected chi connectivity index (χ4v) is 7.62. The number of phenols is 1. The van der Waals surface area contributed by atoms with E-state index < -0.39 is 11.9 Å². The minimum atomic E-state index is -0.409. The Bertz CT molecular complexity index is 2520. The SMILES string of the molecule is COC(=O)c1cccc2c1c1c(O)cccc1n2Cc1cccc(C)c1.COC(=O)c1cccc2c1c1c(n2Cc2cccc(C)c2)CCCC1=O. The number of aryl methyl sites for hydroxylation is 2. The molecule has 0 fully saturated rings. The zero-order valence-electron chi connectivity index (χ0n) is 29.7. The highest BCUT2D eigenvalue weighted by Gasteiger charge is 2.29. The van der Waals surface area contributed by atoms with Gasteiger partial charge in [-0.05, 0) is 74.2 Å². The number of methoxy groups -OCH3 is 2. The van der Waals surface area contributed by atoms with Crippen LogP contribution in [0.1, 0.15) is 71.9 Å². The Morgan fingerprint density at radius 2 is 1.13 bits per heavy atom. The average Bonchev–Trinajstić information content (AvgIpc) is 3.65. The lowest BCUT2D eigenvalue weighted by Crippen LogP contribution is -2.14. The van der Waals surface area contributed by atoms with Crippen LogP contribution in [0.25, 0.3) is 32.7 Å². The minimum absolute atomic E-state index is 0.121. The van der Waals surface area contributed by atoms with Crippen LogP contribution in [-0.2, 0) is 29.0 Å². The van der Waals surface area contributed by atoms with Crippen LogP contribution in [0.4, 0.5) is 0 Å². The van der Waals surface area contributed by atoms with Crippen LogP contribution >= 0.6 is 0 Å². The smallest absolute Gasteiger partial charge is 0.338 e. The summed E-state index contributed by atoms with van der Waals surface area (Å²) >= 11 is 0. The quantitative estimate of drug-likeness (QED) is 0.175. The molecule has 0 radical (unpaired) electrons. The summed E-state index contributed by atoms with van der Waals surface area (Å²) in [6.45, 7) is 5.48. The van der Waals surface area contributed by atoms with E-state index in [1.165, 1.54) is 30.9 Å². The highest BCUT2D eigenvalue weighted by molar-refractivity contribution is 6.19. The molecule has 8 rings (SSSR count). The van der Waals surface area contributed by atoms with E-state index in [1.807, 2.05) is 48.5 Å². The van der Waals surface area contributed by atoms with Gasteiger partial charge in [-0.1, -0.05) is 77.9 Å². The molecular weight excluding hydrogens is 652 g/mol. The summed E-state index contributed by atoms with van der Waals surface area (Å²) in [6, 6.07) is 33.3. The molecule has 262 valence electrons. The van der Waals surface area contributed by atoms with Gasteiger partial charge in [0.1, 0.15) is 5.75 Å². The maximum Gasteiger partial charge on any atom is 0.338 e. The second-order valence-electron chi connectivity index (χ2n) is 13.3. The first-order valence-corrected chi connectivity index (χ1v) is 17.4. The summed E-state index contributed by atoms with van der Waals surface area (Å²) in [7, 11) is 2.74. The van der Waals surface area contributed by atoms with Crippen molar-refractivity contribution in [3.05, 3.63) is 148 Å². The fourth-order valence-electron chi connectivity index (χ4n) is 7.62. The van der Waals surface area contributed by atoms with Gasteiger partial charge in [-0.3, -0.25) is 4.79 Å². The Labute approximate surface area is 301 Å². The second-order valence-corrected chi connectivity index (χ2v) is 13.3. The lowest BCUT2D eigenvalue weighted by Gasteiger charge is -2.15. The molecule has 0 aliphatic heterocycles. The van der Waals surface area contributed by atoms with E-state index in [4.69, 9.17) is 9.47 Å². The lowest BCUT2D eigenvalue weighted by atomic mass is 9.92. The van der Waals surface area contributed by atoms with Gasteiger partial charge in [0.15, 0.2) is 5.78 Å². The van der Waals surface area contributed by atoms with Crippen molar-refractivity contribution in [1.29, 1.82) is 0 Å². The molecule has 0 unspecified atom stereocenters. The van der Waals surface area contributed by atoms with E-state index in [9.17, 15) is 19.5 Å². The molecule has 0 saturated heterocycles. The van der Waals surface area contributed by atoms with Gasteiger partial charge in [-0.2, -0.15) is 0 Å². The molecule has 0 saturated carbocycles. The summed E-state index contributed by atoms with van der Waals surface area (Å²) in [5.41, 5.74) is 10.1. The van der Waals surface area contributed by atoms with Gasteiger partial charge in [0.05, 0.1) is 47.3 Å². The molecule has 7 aromatic rings. The van der Waals surface area contributed by atoms with E-state index in [1.54, 1.807) is 18.2 Å². The number of nitrogens with zero attached hydrogens (tertiary/aromatic N) is 2. The average molecular weight is 693 g/mol. The molecule has 8 heteroatoms. The van der Waals surface area contributed by atoms with Gasteiger partial charge >= 0.3 is 11.9 Å². The number of Topliss-reactive ketones (excluding diaryl/α,β-unsaturated/α-hetero) is 1. The molecule has 1 aliphatic carbocycles. The fraction of sp³-hybridized carbons (Fsp3) is 0.205. The Morgan fingerprint density at radius 3 is 1.71 bits per heavy atom. The van der Waals surface area contributed by atoms with Gasteiger partial charge in [0, 0.05) is 41.5 Å². The van der Waals surface area contributed by atoms with Crippen LogP contribution in [0.15, 0.2) is 103 Å². The highest BCUT2D eigenvalue weighted by Crippen LogP contribution is 2.38. The number of carbonyl (C=O) groups is 3. The first-order chi connectivity index (χ1) is 25.2. The van der Waals surface area contributed by atoms with Crippen LogP contribution in [0, 0.1) is 13.8 Å². The summed E-state index contributed by atoms with van der Waals surface area (Å²) in [5.74, 6) is -0.527. The molecule has 0 atom stereocenters. The zero-order valence-corrected chi connectivity index (χ0v) is 29.7. The van der Waals surface area contributed by atoms with E-state index in [-0.39, 0.29) is 11.5 Å². The minimum Gasteiger partial charge on any atom is -0.507 e. The lowest BCUT2D eigenvalue weighted by molar-refractivity contribution is 0.0594. The maximum absolute atomic E-state index is 12.7. The van der Waals surface area contributed by atoms with Crippen LogP contribution < -0.4 is 0 Å². The molecule has 2 heterocycles. The van der Waals surface area contributed by atoms with E-state index in [0.29, 0.717) is 41.6 Å². The van der Waals surface area contributed by atoms with Crippen molar-refractivity contribution in [2.45, 2.75) is 46.2 Å². The number of esters is 2. The summed E-state index contributed by atoms with van der Waals surface area (Å²) < 4.78 is 14.2. The molecule has 8 nitrogen and oxygen atoms in total. The Hall–Kier alpha value is -6.15. The van der Waals surface area contributed by atoms with Crippen molar-refractivity contribution in [3.8, 4) is 5.75 Å². The second kappa shape index (κ2) is 14.2. The number of benzene rings is 5. The molecule has 2 aromatic heterocycles.